The van der Waals surface area contributed by atoms with Crippen molar-refractivity contribution >= 4 is 17.7 Å². The van der Waals surface area contributed by atoms with Crippen LogP contribution < -0.4 is 10.6 Å². The van der Waals surface area contributed by atoms with E-state index in [1.807, 2.05) is 25.7 Å². The van der Waals surface area contributed by atoms with Gasteiger partial charge in [-0.2, -0.15) is 11.8 Å². The lowest BCUT2D eigenvalue weighted by Crippen LogP contribution is -2.47. The summed E-state index contributed by atoms with van der Waals surface area (Å²) in [7, 11) is 1.81. The summed E-state index contributed by atoms with van der Waals surface area (Å²) in [5, 5.41) is 6.67. The predicted octanol–water partition coefficient (Wildman–Crippen LogP) is 0.995. The summed E-state index contributed by atoms with van der Waals surface area (Å²) < 4.78 is 0. The van der Waals surface area contributed by atoms with Gasteiger partial charge in [0.05, 0.1) is 6.04 Å². The number of hydrogen-bond donors (Lipinski definition) is 2. The van der Waals surface area contributed by atoms with Crippen LogP contribution in [-0.4, -0.2) is 36.5 Å². The van der Waals surface area contributed by atoms with Crippen molar-refractivity contribution in [2.75, 3.05) is 13.3 Å². The van der Waals surface area contributed by atoms with Crippen LogP contribution >= 0.6 is 11.8 Å². The highest BCUT2D eigenvalue weighted by molar-refractivity contribution is 7.99. The third-order valence-corrected chi connectivity index (χ3v) is 4.08. The molecule has 3 unspecified atom stereocenters. The molecular formula is C10H20N2OS. The van der Waals surface area contributed by atoms with Crippen molar-refractivity contribution in [1.29, 1.82) is 0 Å². The van der Waals surface area contributed by atoms with Crippen LogP contribution in [-0.2, 0) is 4.79 Å². The fraction of sp³-hybridized carbons (Fsp3) is 0.900. The maximum absolute atomic E-state index is 11.6. The zero-order valence-electron chi connectivity index (χ0n) is 9.17. The molecule has 2 N–H and O–H groups in total. The minimum atomic E-state index is -0.0851. The van der Waals surface area contributed by atoms with Crippen LogP contribution in [0.1, 0.15) is 26.2 Å². The van der Waals surface area contributed by atoms with E-state index in [4.69, 9.17) is 0 Å². The van der Waals surface area contributed by atoms with E-state index in [9.17, 15) is 4.79 Å². The number of carbonyl (C=O) groups is 1. The van der Waals surface area contributed by atoms with Crippen molar-refractivity contribution in [1.82, 2.24) is 10.6 Å². The van der Waals surface area contributed by atoms with Crippen molar-refractivity contribution in [3.8, 4) is 0 Å². The molecule has 0 heterocycles. The van der Waals surface area contributed by atoms with E-state index < -0.39 is 0 Å². The standard InChI is InChI=1S/C10H20N2OS/c1-7(11-2)10(13)12-8-5-4-6-9(8)14-3/h7-9,11H,4-6H2,1-3H3,(H,12,13). The molecule has 3 nitrogen and oxygen atoms in total. The van der Waals surface area contributed by atoms with Crippen molar-refractivity contribution < 1.29 is 4.79 Å². The summed E-state index contributed by atoms with van der Waals surface area (Å²) in [6.07, 6.45) is 5.73. The summed E-state index contributed by atoms with van der Waals surface area (Å²) in [4.78, 5) is 11.6. The second-order valence-corrected chi connectivity index (χ2v) is 4.91. The number of carbonyl (C=O) groups excluding carboxylic acids is 1. The molecule has 14 heavy (non-hydrogen) atoms. The molecule has 1 fully saturated rings. The summed E-state index contributed by atoms with van der Waals surface area (Å²) in [6, 6.07) is 0.298. The maximum atomic E-state index is 11.6. The molecule has 1 amide bonds. The smallest absolute Gasteiger partial charge is 0.237 e. The first-order valence-electron chi connectivity index (χ1n) is 5.19. The minimum absolute atomic E-state index is 0.0851. The van der Waals surface area contributed by atoms with E-state index in [-0.39, 0.29) is 11.9 Å². The average Bonchev–Trinajstić information content (AvgIpc) is 2.63. The van der Waals surface area contributed by atoms with Crippen LogP contribution in [0.4, 0.5) is 0 Å². The van der Waals surface area contributed by atoms with Gasteiger partial charge in [-0.25, -0.2) is 0 Å². The summed E-state index contributed by atoms with van der Waals surface area (Å²) in [5.41, 5.74) is 0. The van der Waals surface area contributed by atoms with Crippen LogP contribution in [0.25, 0.3) is 0 Å². The maximum Gasteiger partial charge on any atom is 0.237 e. The Labute approximate surface area is 90.4 Å². The molecule has 4 heteroatoms. The Hall–Kier alpha value is -0.220. The van der Waals surface area contributed by atoms with E-state index in [2.05, 4.69) is 16.9 Å². The van der Waals surface area contributed by atoms with Crippen LogP contribution in [0.3, 0.4) is 0 Å². The highest BCUT2D eigenvalue weighted by Crippen LogP contribution is 2.28. The first kappa shape index (κ1) is 11.9. The Bertz CT molecular complexity index is 199. The topological polar surface area (TPSA) is 41.1 Å². The molecule has 3 atom stereocenters. The molecule has 1 rings (SSSR count). The number of rotatable bonds is 4. The van der Waals surface area contributed by atoms with Crippen molar-refractivity contribution in [3.63, 3.8) is 0 Å². The molecule has 0 radical (unpaired) electrons. The van der Waals surface area contributed by atoms with Crippen LogP contribution in [0.15, 0.2) is 0 Å². The van der Waals surface area contributed by atoms with E-state index in [0.717, 1.165) is 6.42 Å². The SMILES string of the molecule is CNC(C)C(=O)NC1CCCC1SC. The summed E-state index contributed by atoms with van der Waals surface area (Å²) in [6.45, 7) is 1.89. The van der Waals surface area contributed by atoms with E-state index in [1.165, 1.54) is 12.8 Å². The Balaban J connectivity index is 2.39. The van der Waals surface area contributed by atoms with Gasteiger partial charge in [0.25, 0.3) is 0 Å². The second-order valence-electron chi connectivity index (χ2n) is 3.83. The zero-order valence-corrected chi connectivity index (χ0v) is 9.99. The normalized spacial score (nSPS) is 28.8. The van der Waals surface area contributed by atoms with Gasteiger partial charge in [-0.1, -0.05) is 6.42 Å². The van der Waals surface area contributed by atoms with Gasteiger partial charge in [0.1, 0.15) is 0 Å². The largest absolute Gasteiger partial charge is 0.351 e. The van der Waals surface area contributed by atoms with Gasteiger partial charge in [-0.15, -0.1) is 0 Å². The fourth-order valence-corrected chi connectivity index (χ4v) is 2.75. The average molecular weight is 216 g/mol. The third-order valence-electron chi connectivity index (χ3n) is 2.91. The Morgan fingerprint density at radius 2 is 2.21 bits per heavy atom. The monoisotopic (exact) mass is 216 g/mol. The minimum Gasteiger partial charge on any atom is -0.351 e. The molecule has 82 valence electrons. The third kappa shape index (κ3) is 2.89. The highest BCUT2D eigenvalue weighted by atomic mass is 32.2. The number of nitrogens with one attached hydrogen (secondary N) is 2. The van der Waals surface area contributed by atoms with Gasteiger partial charge < -0.3 is 10.6 Å². The number of thioether (sulfide) groups is 1. The lowest BCUT2D eigenvalue weighted by molar-refractivity contribution is -0.123. The van der Waals surface area contributed by atoms with Crippen molar-refractivity contribution in [2.45, 2.75) is 43.5 Å². The Morgan fingerprint density at radius 1 is 1.50 bits per heavy atom. The summed E-state index contributed by atoms with van der Waals surface area (Å²) >= 11 is 1.87. The quantitative estimate of drug-likeness (QED) is 0.736. The second kappa shape index (κ2) is 5.61. The first-order valence-corrected chi connectivity index (χ1v) is 6.48. The van der Waals surface area contributed by atoms with Crippen molar-refractivity contribution in [3.05, 3.63) is 0 Å². The van der Waals surface area contributed by atoms with E-state index in [1.54, 1.807) is 0 Å². The first-order chi connectivity index (χ1) is 6.69. The molecule has 1 aliphatic carbocycles. The van der Waals surface area contributed by atoms with Gasteiger partial charge in [0, 0.05) is 11.3 Å². The molecule has 0 saturated heterocycles. The van der Waals surface area contributed by atoms with Crippen LogP contribution in [0, 0.1) is 0 Å². The summed E-state index contributed by atoms with van der Waals surface area (Å²) in [5.74, 6) is 0.124. The van der Waals surface area contributed by atoms with Gasteiger partial charge >= 0.3 is 0 Å². The van der Waals surface area contributed by atoms with Crippen LogP contribution in [0.5, 0.6) is 0 Å². The highest BCUT2D eigenvalue weighted by Gasteiger charge is 2.28. The number of hydrogen-bond acceptors (Lipinski definition) is 3. The molecule has 0 spiro atoms. The number of amides is 1. The molecule has 1 saturated carbocycles. The molecule has 0 aromatic carbocycles. The molecule has 0 bridgehead atoms. The zero-order chi connectivity index (χ0) is 10.6. The lowest BCUT2D eigenvalue weighted by atomic mass is 10.2. The van der Waals surface area contributed by atoms with E-state index in [0.29, 0.717) is 11.3 Å². The lowest BCUT2D eigenvalue weighted by Gasteiger charge is -2.21. The molecule has 0 aromatic heterocycles. The molecule has 1 aliphatic rings. The molecule has 0 aromatic rings. The van der Waals surface area contributed by atoms with Gasteiger partial charge in [0.2, 0.25) is 5.91 Å². The fourth-order valence-electron chi connectivity index (χ4n) is 1.81. The van der Waals surface area contributed by atoms with Gasteiger partial charge in [-0.3, -0.25) is 4.79 Å². The molecule has 0 aliphatic heterocycles. The van der Waals surface area contributed by atoms with Gasteiger partial charge in [-0.05, 0) is 33.1 Å². The van der Waals surface area contributed by atoms with Gasteiger partial charge in [0.15, 0.2) is 0 Å². The molecular weight excluding hydrogens is 196 g/mol. The van der Waals surface area contributed by atoms with E-state index >= 15 is 0 Å². The number of likely N-dealkylation sites (N-methyl/N-ethyl adjacent to an activating group) is 1. The van der Waals surface area contributed by atoms with Crippen molar-refractivity contribution in [2.24, 2.45) is 0 Å². The van der Waals surface area contributed by atoms with Crippen LogP contribution in [0.2, 0.25) is 0 Å². The Kier molecular flexibility index (Phi) is 4.75. The Morgan fingerprint density at radius 3 is 2.79 bits per heavy atom. The predicted molar refractivity (Wildman–Crippen MR) is 61.6 cm³/mol.